The molecular weight excluding hydrogens is 276 g/mol. The second kappa shape index (κ2) is 4.91. The molecule has 0 aromatic carbocycles. The van der Waals surface area contributed by atoms with Crippen molar-refractivity contribution in [2.24, 2.45) is 11.8 Å². The lowest BCUT2D eigenvalue weighted by Crippen LogP contribution is -2.38. The number of pyridine rings is 1. The number of allylic oxidation sites excluding steroid dienone is 1. The van der Waals surface area contributed by atoms with Crippen molar-refractivity contribution < 1.29 is 0 Å². The number of piperidine rings is 1. The Morgan fingerprint density at radius 1 is 1.29 bits per heavy atom. The highest BCUT2D eigenvalue weighted by Gasteiger charge is 2.30. The maximum atomic E-state index is 4.29. The average Bonchev–Trinajstić information content (AvgIpc) is 2.38. The molecule has 1 saturated heterocycles. The van der Waals surface area contributed by atoms with Crippen LogP contribution >= 0.6 is 15.9 Å². The van der Waals surface area contributed by atoms with Gasteiger partial charge in [-0.3, -0.25) is 4.98 Å². The number of nitrogens with zero attached hydrogens (tertiary/aromatic N) is 1. The van der Waals surface area contributed by atoms with Crippen LogP contribution in [0.15, 0.2) is 29.0 Å². The molecule has 1 N–H and O–H groups in total. The van der Waals surface area contributed by atoms with E-state index >= 15 is 0 Å². The Kier molecular flexibility index (Phi) is 3.30. The molecule has 90 valence electrons. The minimum absolute atomic E-state index is 0.689. The van der Waals surface area contributed by atoms with Gasteiger partial charge >= 0.3 is 0 Å². The Hall–Kier alpha value is -0.670. The first-order valence-corrected chi connectivity index (χ1v) is 7.15. The number of aromatic nitrogens is 1. The number of nitrogens with one attached hydrogen (secondary N) is 1. The summed E-state index contributed by atoms with van der Waals surface area (Å²) in [5.41, 5.74) is 2.79. The van der Waals surface area contributed by atoms with Crippen LogP contribution in [0.1, 0.15) is 24.8 Å². The minimum atomic E-state index is 0.689. The van der Waals surface area contributed by atoms with Crippen molar-refractivity contribution in [1.82, 2.24) is 10.3 Å². The number of hydrogen-bond acceptors (Lipinski definition) is 2. The van der Waals surface area contributed by atoms with Crippen LogP contribution in [0.25, 0.3) is 5.57 Å². The third-order valence-electron chi connectivity index (χ3n) is 3.96. The summed E-state index contributed by atoms with van der Waals surface area (Å²) in [7, 11) is 0. The molecule has 1 aromatic rings. The van der Waals surface area contributed by atoms with E-state index in [1.807, 2.05) is 12.4 Å². The second-order valence-corrected chi connectivity index (χ2v) is 5.90. The van der Waals surface area contributed by atoms with Crippen LogP contribution in [-0.4, -0.2) is 18.1 Å². The lowest BCUT2D eigenvalue weighted by atomic mass is 9.73. The van der Waals surface area contributed by atoms with E-state index in [0.717, 1.165) is 16.9 Å². The maximum Gasteiger partial charge on any atom is 0.0410 e. The molecule has 0 radical (unpaired) electrons. The predicted molar refractivity (Wildman–Crippen MR) is 73.6 cm³/mol. The molecule has 1 fully saturated rings. The largest absolute Gasteiger partial charge is 0.316 e. The van der Waals surface area contributed by atoms with Gasteiger partial charge in [-0.15, -0.1) is 0 Å². The van der Waals surface area contributed by atoms with E-state index in [4.69, 9.17) is 0 Å². The predicted octanol–water partition coefficient (Wildman–Crippen LogP) is 3.25. The Balaban J connectivity index is 1.93. The van der Waals surface area contributed by atoms with E-state index < -0.39 is 0 Å². The summed E-state index contributed by atoms with van der Waals surface area (Å²) in [4.78, 5) is 4.29. The van der Waals surface area contributed by atoms with Gasteiger partial charge in [-0.05, 0) is 70.8 Å². The topological polar surface area (TPSA) is 24.9 Å². The van der Waals surface area contributed by atoms with Gasteiger partial charge in [-0.25, -0.2) is 0 Å². The summed E-state index contributed by atoms with van der Waals surface area (Å²) >= 11 is 3.51. The Morgan fingerprint density at radius 2 is 2.24 bits per heavy atom. The molecular formula is C14H17BrN2. The smallest absolute Gasteiger partial charge is 0.0410 e. The van der Waals surface area contributed by atoms with Gasteiger partial charge in [-0.1, -0.05) is 6.08 Å². The zero-order chi connectivity index (χ0) is 11.7. The van der Waals surface area contributed by atoms with Crippen molar-refractivity contribution in [3.05, 3.63) is 34.6 Å². The first kappa shape index (κ1) is 11.4. The first-order valence-electron chi connectivity index (χ1n) is 6.36. The van der Waals surface area contributed by atoms with Crippen molar-refractivity contribution >= 4 is 21.5 Å². The molecule has 2 nitrogen and oxygen atoms in total. The maximum absolute atomic E-state index is 4.29. The van der Waals surface area contributed by atoms with Gasteiger partial charge in [0.25, 0.3) is 0 Å². The fourth-order valence-corrected chi connectivity index (χ4v) is 3.49. The highest BCUT2D eigenvalue weighted by atomic mass is 79.9. The number of fused-ring (bicyclic) bond motifs is 1. The van der Waals surface area contributed by atoms with E-state index in [1.54, 1.807) is 0 Å². The Labute approximate surface area is 111 Å². The lowest BCUT2D eigenvalue weighted by Gasteiger charge is -2.37. The summed E-state index contributed by atoms with van der Waals surface area (Å²) in [6, 6.07) is 2.19. The first-order chi connectivity index (χ1) is 8.34. The molecule has 0 spiro atoms. The highest BCUT2D eigenvalue weighted by molar-refractivity contribution is 9.10. The van der Waals surface area contributed by atoms with Gasteiger partial charge in [0.05, 0.1) is 0 Å². The SMILES string of the molecule is Brc1cncc(C2=CCCC3CCNCC23)c1. The molecule has 1 aromatic heterocycles. The third kappa shape index (κ3) is 2.31. The van der Waals surface area contributed by atoms with Crippen molar-refractivity contribution in [1.29, 1.82) is 0 Å². The number of rotatable bonds is 1. The molecule has 0 saturated carbocycles. The lowest BCUT2D eigenvalue weighted by molar-refractivity contribution is 0.285. The van der Waals surface area contributed by atoms with Crippen LogP contribution in [0.4, 0.5) is 0 Å². The summed E-state index contributed by atoms with van der Waals surface area (Å²) in [5.74, 6) is 1.56. The molecule has 1 aliphatic heterocycles. The monoisotopic (exact) mass is 292 g/mol. The molecule has 1 aliphatic carbocycles. The van der Waals surface area contributed by atoms with Crippen LogP contribution in [0.5, 0.6) is 0 Å². The van der Waals surface area contributed by atoms with E-state index in [-0.39, 0.29) is 0 Å². The molecule has 3 heteroatoms. The van der Waals surface area contributed by atoms with Gasteiger partial charge in [0.2, 0.25) is 0 Å². The number of halogens is 1. The van der Waals surface area contributed by atoms with E-state index in [9.17, 15) is 0 Å². The summed E-state index contributed by atoms with van der Waals surface area (Å²) in [5, 5.41) is 3.53. The molecule has 2 heterocycles. The molecule has 0 amide bonds. The van der Waals surface area contributed by atoms with Crippen molar-refractivity contribution in [2.75, 3.05) is 13.1 Å². The van der Waals surface area contributed by atoms with Gasteiger partial charge in [-0.2, -0.15) is 0 Å². The molecule has 3 rings (SSSR count). The van der Waals surface area contributed by atoms with E-state index in [2.05, 4.69) is 38.4 Å². The van der Waals surface area contributed by atoms with Gasteiger partial charge < -0.3 is 5.32 Å². The normalized spacial score (nSPS) is 28.4. The zero-order valence-electron chi connectivity index (χ0n) is 9.82. The average molecular weight is 293 g/mol. The summed E-state index contributed by atoms with van der Waals surface area (Å²) < 4.78 is 1.07. The van der Waals surface area contributed by atoms with Crippen LogP contribution in [0, 0.1) is 11.8 Å². The molecule has 2 atom stereocenters. The quantitative estimate of drug-likeness (QED) is 0.859. The van der Waals surface area contributed by atoms with Crippen LogP contribution in [-0.2, 0) is 0 Å². The van der Waals surface area contributed by atoms with Crippen LogP contribution in [0.2, 0.25) is 0 Å². The Bertz CT molecular complexity index is 442. The van der Waals surface area contributed by atoms with Crippen LogP contribution < -0.4 is 5.32 Å². The third-order valence-corrected chi connectivity index (χ3v) is 4.40. The summed E-state index contributed by atoms with van der Waals surface area (Å²) in [6.45, 7) is 2.31. The van der Waals surface area contributed by atoms with Gasteiger partial charge in [0.15, 0.2) is 0 Å². The van der Waals surface area contributed by atoms with Gasteiger partial charge in [0.1, 0.15) is 0 Å². The Morgan fingerprint density at radius 3 is 3.12 bits per heavy atom. The van der Waals surface area contributed by atoms with Crippen molar-refractivity contribution in [3.8, 4) is 0 Å². The fourth-order valence-electron chi connectivity index (χ4n) is 3.13. The van der Waals surface area contributed by atoms with E-state index in [0.29, 0.717) is 5.92 Å². The minimum Gasteiger partial charge on any atom is -0.316 e. The highest BCUT2D eigenvalue weighted by Crippen LogP contribution is 2.39. The van der Waals surface area contributed by atoms with Crippen molar-refractivity contribution in [2.45, 2.75) is 19.3 Å². The van der Waals surface area contributed by atoms with Crippen molar-refractivity contribution in [3.63, 3.8) is 0 Å². The fraction of sp³-hybridized carbons (Fsp3) is 0.500. The van der Waals surface area contributed by atoms with Crippen LogP contribution in [0.3, 0.4) is 0 Å². The van der Waals surface area contributed by atoms with Gasteiger partial charge in [0, 0.05) is 23.4 Å². The zero-order valence-corrected chi connectivity index (χ0v) is 11.4. The standard InChI is InChI=1S/C14H17BrN2/c15-12-6-11(7-17-8-12)13-3-1-2-10-4-5-16-9-14(10)13/h3,6-8,10,14,16H,1-2,4-5,9H2. The molecule has 17 heavy (non-hydrogen) atoms. The summed E-state index contributed by atoms with van der Waals surface area (Å²) in [6.07, 6.45) is 10.2. The molecule has 0 bridgehead atoms. The van der Waals surface area contributed by atoms with E-state index in [1.165, 1.54) is 36.9 Å². The molecule has 2 aliphatic rings. The second-order valence-electron chi connectivity index (χ2n) is 4.99. The molecule has 2 unspecified atom stereocenters. The number of hydrogen-bond donors (Lipinski definition) is 1.